The molecule has 8 heteroatoms. The summed E-state index contributed by atoms with van der Waals surface area (Å²) < 4.78 is 12.0. The van der Waals surface area contributed by atoms with Gasteiger partial charge in [-0.1, -0.05) is 18.3 Å². The van der Waals surface area contributed by atoms with Gasteiger partial charge in [-0.05, 0) is 62.3 Å². The van der Waals surface area contributed by atoms with Gasteiger partial charge in [0.05, 0.1) is 4.88 Å². The minimum absolute atomic E-state index is 0.0326. The lowest BCUT2D eigenvalue weighted by Gasteiger charge is -2.15. The molecule has 0 amide bonds. The maximum Gasteiger partial charge on any atom is 0.187 e. The second-order valence-electron chi connectivity index (χ2n) is 8.54. The Labute approximate surface area is 197 Å². The van der Waals surface area contributed by atoms with Crippen LogP contribution in [0.25, 0.3) is 0 Å². The standard InChI is InChI=1S/C25H28N4O3S/c1-16-22-20(9-4-17(15-30)23(22)26)32-24(16)21-14-27-25(33-21)28-18-5-7-19(8-6-18)31-13-12-29-10-2-3-11-29/h4-9,14-16,24H,2-3,10-13,26H2,1H3,(H,27,28). The zero-order chi connectivity index (χ0) is 22.8. The number of nitrogens with zero attached hydrogens (tertiary/aromatic N) is 2. The van der Waals surface area contributed by atoms with E-state index < -0.39 is 0 Å². The monoisotopic (exact) mass is 464 g/mol. The van der Waals surface area contributed by atoms with E-state index in [2.05, 4.69) is 22.1 Å². The van der Waals surface area contributed by atoms with Gasteiger partial charge in [-0.15, -0.1) is 0 Å². The van der Waals surface area contributed by atoms with Crippen molar-refractivity contribution in [2.24, 2.45) is 0 Å². The van der Waals surface area contributed by atoms with Crippen LogP contribution in [0.4, 0.5) is 16.5 Å². The van der Waals surface area contributed by atoms with E-state index in [1.807, 2.05) is 36.5 Å². The number of carbonyl (C=O) groups excluding carboxylic acids is 1. The van der Waals surface area contributed by atoms with Crippen molar-refractivity contribution in [2.45, 2.75) is 31.8 Å². The van der Waals surface area contributed by atoms with Crippen molar-refractivity contribution < 1.29 is 14.3 Å². The van der Waals surface area contributed by atoms with Crippen molar-refractivity contribution in [1.29, 1.82) is 0 Å². The summed E-state index contributed by atoms with van der Waals surface area (Å²) in [7, 11) is 0. The smallest absolute Gasteiger partial charge is 0.187 e. The Morgan fingerprint density at radius 2 is 2.03 bits per heavy atom. The fraction of sp³-hybridized carbons (Fsp3) is 0.360. The van der Waals surface area contributed by atoms with Gasteiger partial charge in [0, 0.05) is 41.2 Å². The summed E-state index contributed by atoms with van der Waals surface area (Å²) in [6, 6.07) is 11.5. The van der Waals surface area contributed by atoms with Crippen LogP contribution in [-0.2, 0) is 0 Å². The number of rotatable bonds is 8. The minimum atomic E-state index is -0.177. The number of hydrogen-bond donors (Lipinski definition) is 2. The van der Waals surface area contributed by atoms with Gasteiger partial charge < -0.3 is 20.5 Å². The SMILES string of the molecule is CC1c2c(ccc(C=O)c2N)OC1c1cnc(Nc2ccc(OCCN3CCCC3)cc2)s1. The van der Waals surface area contributed by atoms with Crippen LogP contribution < -0.4 is 20.5 Å². The number of nitrogen functional groups attached to an aromatic ring is 1. The van der Waals surface area contributed by atoms with Gasteiger partial charge in [-0.3, -0.25) is 9.69 Å². The van der Waals surface area contributed by atoms with Crippen LogP contribution in [0.1, 0.15) is 52.6 Å². The number of likely N-dealkylation sites (tertiary alicyclic amines) is 1. The van der Waals surface area contributed by atoms with E-state index in [1.54, 1.807) is 17.4 Å². The lowest BCUT2D eigenvalue weighted by atomic mass is 9.93. The Kier molecular flexibility index (Phi) is 6.20. The van der Waals surface area contributed by atoms with E-state index in [4.69, 9.17) is 15.2 Å². The number of anilines is 3. The van der Waals surface area contributed by atoms with Crippen molar-refractivity contribution in [3.8, 4) is 11.5 Å². The summed E-state index contributed by atoms with van der Waals surface area (Å²) in [4.78, 5) is 19.2. The molecule has 2 unspecified atom stereocenters. The Bertz CT molecular complexity index is 1130. The van der Waals surface area contributed by atoms with Crippen LogP contribution in [0.2, 0.25) is 0 Å². The number of fused-ring (bicyclic) bond motifs is 1. The van der Waals surface area contributed by atoms with Crippen LogP contribution in [0.15, 0.2) is 42.6 Å². The summed E-state index contributed by atoms with van der Waals surface area (Å²) in [6.45, 7) is 6.13. The first-order valence-electron chi connectivity index (χ1n) is 11.3. The van der Waals surface area contributed by atoms with E-state index in [0.717, 1.165) is 45.6 Å². The normalized spacial score (nSPS) is 19.8. The lowest BCUT2D eigenvalue weighted by Crippen LogP contribution is -2.25. The molecule has 172 valence electrons. The molecule has 0 spiro atoms. The predicted molar refractivity (Wildman–Crippen MR) is 131 cm³/mol. The quantitative estimate of drug-likeness (QED) is 0.358. The second kappa shape index (κ2) is 9.41. The van der Waals surface area contributed by atoms with Gasteiger partial charge in [-0.25, -0.2) is 4.98 Å². The number of hydrogen-bond acceptors (Lipinski definition) is 8. The Balaban J connectivity index is 1.20. The van der Waals surface area contributed by atoms with Crippen molar-refractivity contribution in [2.75, 3.05) is 37.3 Å². The maximum absolute atomic E-state index is 11.2. The largest absolute Gasteiger partial charge is 0.492 e. The molecule has 2 aromatic carbocycles. The van der Waals surface area contributed by atoms with Gasteiger partial charge in [-0.2, -0.15) is 0 Å². The Hall–Kier alpha value is -3.10. The molecule has 7 nitrogen and oxygen atoms in total. The molecule has 3 aromatic rings. The first kappa shape index (κ1) is 21.7. The Morgan fingerprint density at radius 3 is 2.79 bits per heavy atom. The lowest BCUT2D eigenvalue weighted by molar-refractivity contribution is 0.112. The number of thiazole rings is 1. The molecular formula is C25H28N4O3S. The molecule has 3 heterocycles. The molecular weight excluding hydrogens is 436 g/mol. The van der Waals surface area contributed by atoms with E-state index >= 15 is 0 Å². The average Bonchev–Trinajstić information content (AvgIpc) is 3.56. The third-order valence-corrected chi connectivity index (χ3v) is 7.33. The van der Waals surface area contributed by atoms with Crippen molar-refractivity contribution in [3.05, 3.63) is 58.6 Å². The molecule has 2 atom stereocenters. The average molecular weight is 465 g/mol. The van der Waals surface area contributed by atoms with Crippen molar-refractivity contribution in [1.82, 2.24) is 9.88 Å². The summed E-state index contributed by atoms with van der Waals surface area (Å²) >= 11 is 1.55. The van der Waals surface area contributed by atoms with E-state index in [1.165, 1.54) is 25.9 Å². The summed E-state index contributed by atoms with van der Waals surface area (Å²) in [5, 5.41) is 4.15. The molecule has 0 saturated carbocycles. The van der Waals surface area contributed by atoms with Gasteiger partial charge >= 0.3 is 0 Å². The molecule has 1 saturated heterocycles. The summed E-state index contributed by atoms with van der Waals surface area (Å²) in [5.74, 6) is 1.64. The molecule has 0 aliphatic carbocycles. The third kappa shape index (κ3) is 4.54. The van der Waals surface area contributed by atoms with Gasteiger partial charge in [0.25, 0.3) is 0 Å². The molecule has 2 aliphatic rings. The topological polar surface area (TPSA) is 89.7 Å². The molecule has 0 radical (unpaired) electrons. The van der Waals surface area contributed by atoms with E-state index in [9.17, 15) is 4.79 Å². The molecule has 0 bridgehead atoms. The number of nitrogens with one attached hydrogen (secondary N) is 1. The molecule has 1 aromatic heterocycles. The van der Waals surface area contributed by atoms with Crippen LogP contribution in [0, 0.1) is 0 Å². The van der Waals surface area contributed by atoms with Crippen molar-refractivity contribution >= 4 is 34.1 Å². The summed E-state index contributed by atoms with van der Waals surface area (Å²) in [6.07, 6.45) is 5.05. The molecule has 3 N–H and O–H groups in total. The number of carbonyl (C=O) groups is 1. The van der Waals surface area contributed by atoms with Gasteiger partial charge in [0.2, 0.25) is 0 Å². The van der Waals surface area contributed by atoms with Gasteiger partial charge in [0.15, 0.2) is 11.4 Å². The molecule has 5 rings (SSSR count). The molecule has 33 heavy (non-hydrogen) atoms. The second-order valence-corrected chi connectivity index (χ2v) is 9.60. The molecule has 1 fully saturated rings. The van der Waals surface area contributed by atoms with Crippen LogP contribution in [0.3, 0.4) is 0 Å². The zero-order valence-corrected chi connectivity index (χ0v) is 19.4. The van der Waals surface area contributed by atoms with E-state index in [-0.39, 0.29) is 12.0 Å². The number of aromatic nitrogens is 1. The number of aldehydes is 1. The first-order valence-corrected chi connectivity index (χ1v) is 12.2. The number of benzene rings is 2. The predicted octanol–water partition coefficient (Wildman–Crippen LogP) is 4.99. The third-order valence-electron chi connectivity index (χ3n) is 6.36. The minimum Gasteiger partial charge on any atom is -0.492 e. The van der Waals surface area contributed by atoms with Crippen LogP contribution in [-0.4, -0.2) is 42.4 Å². The number of ether oxygens (including phenoxy) is 2. The highest BCUT2D eigenvalue weighted by atomic mass is 32.1. The first-order chi connectivity index (χ1) is 16.1. The zero-order valence-electron chi connectivity index (χ0n) is 18.6. The highest BCUT2D eigenvalue weighted by Crippen LogP contribution is 2.50. The van der Waals surface area contributed by atoms with Crippen LogP contribution >= 0.6 is 11.3 Å². The number of nitrogens with two attached hydrogens (primary N) is 1. The fourth-order valence-electron chi connectivity index (χ4n) is 4.54. The Morgan fingerprint density at radius 1 is 1.24 bits per heavy atom. The van der Waals surface area contributed by atoms with Gasteiger partial charge in [0.1, 0.15) is 24.2 Å². The van der Waals surface area contributed by atoms with Crippen LogP contribution in [0.5, 0.6) is 11.5 Å². The highest BCUT2D eigenvalue weighted by molar-refractivity contribution is 7.15. The van der Waals surface area contributed by atoms with Crippen molar-refractivity contribution in [3.63, 3.8) is 0 Å². The summed E-state index contributed by atoms with van der Waals surface area (Å²) in [5.41, 5.74) is 9.06. The maximum atomic E-state index is 11.2. The van der Waals surface area contributed by atoms with E-state index in [0.29, 0.717) is 17.9 Å². The highest BCUT2D eigenvalue weighted by Gasteiger charge is 2.36. The molecule has 2 aliphatic heterocycles. The fourth-order valence-corrected chi connectivity index (χ4v) is 5.51.